The van der Waals surface area contributed by atoms with E-state index in [1.807, 2.05) is 6.92 Å². The Labute approximate surface area is 83.3 Å². The van der Waals surface area contributed by atoms with Gasteiger partial charge in [0.1, 0.15) is 5.75 Å². The lowest BCUT2D eigenvalue weighted by molar-refractivity contribution is 0.252. The summed E-state index contributed by atoms with van der Waals surface area (Å²) in [6, 6.07) is 7.89. The molecular weight excluding hydrogens is 180 g/mol. The summed E-state index contributed by atoms with van der Waals surface area (Å²) in [6.45, 7) is 2.44. The summed E-state index contributed by atoms with van der Waals surface area (Å²) in [4.78, 5) is 11.2. The maximum atomic E-state index is 11.2. The van der Waals surface area contributed by atoms with Gasteiger partial charge in [0.25, 0.3) is 0 Å². The summed E-state index contributed by atoms with van der Waals surface area (Å²) >= 11 is 0. The van der Waals surface area contributed by atoms with Gasteiger partial charge in [0.2, 0.25) is 0 Å². The van der Waals surface area contributed by atoms with E-state index in [9.17, 15) is 4.79 Å². The fourth-order valence-electron chi connectivity index (χ4n) is 1.01. The van der Waals surface area contributed by atoms with Crippen molar-refractivity contribution >= 4 is 11.7 Å². The number of anilines is 1. The van der Waals surface area contributed by atoms with Crippen LogP contribution in [0.5, 0.6) is 5.75 Å². The monoisotopic (exact) mass is 193 g/mol. The lowest BCUT2D eigenvalue weighted by atomic mass is 10.3. The first kappa shape index (κ1) is 10.4. The first-order chi connectivity index (χ1) is 6.77. The number of para-hydroxylation sites is 1. The first-order valence-electron chi connectivity index (χ1n) is 4.37. The van der Waals surface area contributed by atoms with E-state index >= 15 is 0 Å². The van der Waals surface area contributed by atoms with Crippen LogP contribution in [0.3, 0.4) is 0 Å². The van der Waals surface area contributed by atoms with Crippen molar-refractivity contribution in [2.75, 3.05) is 19.0 Å². The number of carbonyl (C=O) groups is 1. The second kappa shape index (κ2) is 5.11. The van der Waals surface area contributed by atoms with Crippen LogP contribution in [0.4, 0.5) is 10.5 Å². The molecule has 0 spiro atoms. The smallest absolute Gasteiger partial charge is 0.319 e. The maximum Gasteiger partial charge on any atom is 0.319 e. The molecule has 0 fully saturated rings. The predicted octanol–water partition coefficient (Wildman–Crippen LogP) is 1.64. The van der Waals surface area contributed by atoms with Crippen LogP contribution >= 0.6 is 0 Å². The van der Waals surface area contributed by atoms with Crippen molar-refractivity contribution in [2.45, 2.75) is 6.92 Å². The average Bonchev–Trinajstić information content (AvgIpc) is 2.19. The fourth-order valence-corrected chi connectivity index (χ4v) is 1.01. The molecule has 2 amide bonds. The highest BCUT2D eigenvalue weighted by Gasteiger charge is 2.04. The van der Waals surface area contributed by atoms with Gasteiger partial charge in [-0.25, -0.2) is 4.79 Å². The quantitative estimate of drug-likeness (QED) is 0.766. The molecule has 2 N–H and O–H groups in total. The molecule has 0 saturated heterocycles. The number of rotatable bonds is 3. The Morgan fingerprint density at radius 1 is 1.64 bits per heavy atom. The van der Waals surface area contributed by atoms with Gasteiger partial charge in [-0.2, -0.15) is 0 Å². The van der Waals surface area contributed by atoms with Crippen molar-refractivity contribution in [1.29, 1.82) is 0 Å². The molecule has 1 aromatic carbocycles. The fraction of sp³-hybridized carbons (Fsp3) is 0.300. The van der Waals surface area contributed by atoms with Crippen LogP contribution in [-0.4, -0.2) is 19.7 Å². The second-order valence-electron chi connectivity index (χ2n) is 2.60. The van der Waals surface area contributed by atoms with Gasteiger partial charge < -0.3 is 15.4 Å². The Bertz CT molecular complexity index is 313. The highest BCUT2D eigenvalue weighted by atomic mass is 16.5. The third-order valence-corrected chi connectivity index (χ3v) is 1.61. The SMILES string of the molecule is CCNC(=O)Nc1[c]cccc1OC. The Hall–Kier alpha value is -1.71. The molecule has 0 atom stereocenters. The summed E-state index contributed by atoms with van der Waals surface area (Å²) in [5, 5.41) is 5.25. The molecule has 14 heavy (non-hydrogen) atoms. The van der Waals surface area contributed by atoms with Crippen molar-refractivity contribution in [1.82, 2.24) is 5.32 Å². The molecule has 1 aromatic rings. The predicted molar refractivity (Wildman–Crippen MR) is 54.5 cm³/mol. The number of carbonyl (C=O) groups excluding carboxylic acids is 1. The van der Waals surface area contributed by atoms with Crippen molar-refractivity contribution in [3.05, 3.63) is 24.3 Å². The molecule has 4 heteroatoms. The van der Waals surface area contributed by atoms with Crippen LogP contribution in [0, 0.1) is 6.07 Å². The molecule has 4 nitrogen and oxygen atoms in total. The van der Waals surface area contributed by atoms with Crippen LogP contribution in [0.25, 0.3) is 0 Å². The van der Waals surface area contributed by atoms with E-state index in [0.29, 0.717) is 18.0 Å². The number of hydrogen-bond donors (Lipinski definition) is 2. The molecule has 1 radical (unpaired) electrons. The largest absolute Gasteiger partial charge is 0.495 e. The number of nitrogens with one attached hydrogen (secondary N) is 2. The van der Waals surface area contributed by atoms with Crippen LogP contribution in [0.15, 0.2) is 18.2 Å². The van der Waals surface area contributed by atoms with Gasteiger partial charge in [-0.15, -0.1) is 0 Å². The second-order valence-corrected chi connectivity index (χ2v) is 2.60. The summed E-state index contributed by atoms with van der Waals surface area (Å²) < 4.78 is 5.05. The molecule has 0 saturated carbocycles. The van der Waals surface area contributed by atoms with E-state index in [2.05, 4.69) is 16.7 Å². The minimum atomic E-state index is -0.256. The highest BCUT2D eigenvalue weighted by molar-refractivity contribution is 5.90. The highest BCUT2D eigenvalue weighted by Crippen LogP contribution is 2.21. The van der Waals surface area contributed by atoms with Crippen LogP contribution in [0.1, 0.15) is 6.92 Å². The number of ether oxygens (including phenoxy) is 1. The standard InChI is InChI=1S/C10H13N2O2/c1-3-11-10(13)12-8-6-4-5-7-9(8)14-2/h4-5,7H,3H2,1-2H3,(H2,11,12,13). The molecule has 1 rings (SSSR count). The van der Waals surface area contributed by atoms with Gasteiger partial charge in [-0.1, -0.05) is 12.1 Å². The van der Waals surface area contributed by atoms with Gasteiger partial charge in [-0.05, 0) is 13.0 Å². The topological polar surface area (TPSA) is 50.4 Å². The van der Waals surface area contributed by atoms with Crippen LogP contribution in [-0.2, 0) is 0 Å². The van der Waals surface area contributed by atoms with E-state index in [1.54, 1.807) is 25.3 Å². The van der Waals surface area contributed by atoms with E-state index < -0.39 is 0 Å². The molecule has 0 heterocycles. The van der Waals surface area contributed by atoms with Crippen molar-refractivity contribution in [2.24, 2.45) is 0 Å². The van der Waals surface area contributed by atoms with Crippen molar-refractivity contribution in [3.63, 3.8) is 0 Å². The average molecular weight is 193 g/mol. The van der Waals surface area contributed by atoms with E-state index in [1.165, 1.54) is 0 Å². The first-order valence-corrected chi connectivity index (χ1v) is 4.37. The number of hydrogen-bond acceptors (Lipinski definition) is 2. The Morgan fingerprint density at radius 3 is 3.07 bits per heavy atom. The number of amides is 2. The normalized spacial score (nSPS) is 9.29. The van der Waals surface area contributed by atoms with E-state index in [-0.39, 0.29) is 6.03 Å². The summed E-state index contributed by atoms with van der Waals surface area (Å²) in [5.41, 5.74) is 0.543. The minimum Gasteiger partial charge on any atom is -0.495 e. The van der Waals surface area contributed by atoms with Gasteiger partial charge in [0.15, 0.2) is 0 Å². The maximum absolute atomic E-state index is 11.2. The molecular formula is C10H13N2O2. The Kier molecular flexibility index (Phi) is 3.79. The zero-order chi connectivity index (χ0) is 10.4. The summed E-state index contributed by atoms with van der Waals surface area (Å²) in [6.07, 6.45) is 0. The Balaban J connectivity index is 2.70. The molecule has 0 aliphatic carbocycles. The molecule has 0 aliphatic heterocycles. The summed E-state index contributed by atoms with van der Waals surface area (Å²) in [7, 11) is 1.55. The molecule has 75 valence electrons. The molecule has 0 aliphatic rings. The van der Waals surface area contributed by atoms with Gasteiger partial charge >= 0.3 is 6.03 Å². The number of methoxy groups -OCH3 is 1. The van der Waals surface area contributed by atoms with Crippen molar-refractivity contribution < 1.29 is 9.53 Å². The van der Waals surface area contributed by atoms with Gasteiger partial charge in [0, 0.05) is 12.6 Å². The molecule has 0 bridgehead atoms. The van der Waals surface area contributed by atoms with Gasteiger partial charge in [0.05, 0.1) is 12.8 Å². The van der Waals surface area contributed by atoms with Gasteiger partial charge in [-0.3, -0.25) is 0 Å². The third kappa shape index (κ3) is 2.65. The number of urea groups is 1. The van der Waals surface area contributed by atoms with Crippen LogP contribution < -0.4 is 15.4 Å². The zero-order valence-electron chi connectivity index (χ0n) is 8.26. The number of benzene rings is 1. The van der Waals surface area contributed by atoms with E-state index in [0.717, 1.165) is 0 Å². The Morgan fingerprint density at radius 2 is 2.43 bits per heavy atom. The molecule has 0 aromatic heterocycles. The minimum absolute atomic E-state index is 0.256. The lowest BCUT2D eigenvalue weighted by Gasteiger charge is -2.09. The third-order valence-electron chi connectivity index (χ3n) is 1.61. The van der Waals surface area contributed by atoms with Crippen molar-refractivity contribution in [3.8, 4) is 5.75 Å². The lowest BCUT2D eigenvalue weighted by Crippen LogP contribution is -2.28. The van der Waals surface area contributed by atoms with E-state index in [4.69, 9.17) is 4.74 Å². The molecule has 0 unspecified atom stereocenters. The summed E-state index contributed by atoms with van der Waals surface area (Å²) in [5.74, 6) is 0.596. The van der Waals surface area contributed by atoms with Crippen LogP contribution in [0.2, 0.25) is 0 Å². The zero-order valence-corrected chi connectivity index (χ0v) is 8.26.